The van der Waals surface area contributed by atoms with E-state index in [1.54, 1.807) is 19.0 Å². The summed E-state index contributed by atoms with van der Waals surface area (Å²) in [5.74, 6) is 1.35. The Labute approximate surface area is 159 Å². The molecule has 152 valence electrons. The molecule has 0 saturated carbocycles. The molecule has 26 heavy (non-hydrogen) atoms. The second kappa shape index (κ2) is 12.1. The summed E-state index contributed by atoms with van der Waals surface area (Å²) >= 11 is 0. The van der Waals surface area contributed by atoms with Crippen LogP contribution >= 0.6 is 0 Å². The van der Waals surface area contributed by atoms with Crippen LogP contribution in [0, 0.1) is 5.92 Å². The minimum atomic E-state index is 0.00200. The van der Waals surface area contributed by atoms with Crippen molar-refractivity contribution in [3.8, 4) is 0 Å². The predicted molar refractivity (Wildman–Crippen MR) is 108 cm³/mol. The lowest BCUT2D eigenvalue weighted by Gasteiger charge is -2.36. The predicted octanol–water partition coefficient (Wildman–Crippen LogP) is 1.16. The smallest absolute Gasteiger partial charge is 0.243 e. The number of hydrogen-bond acceptors (Lipinski definition) is 4. The maximum atomic E-state index is 11.9. The topological polar surface area (TPSA) is 69.2 Å². The average Bonchev–Trinajstić information content (AvgIpc) is 2.62. The second-order valence-corrected chi connectivity index (χ2v) is 7.72. The molecule has 0 radical (unpaired) electrons. The summed E-state index contributed by atoms with van der Waals surface area (Å²) in [5, 5.41) is 6.87. The van der Waals surface area contributed by atoms with Crippen LogP contribution in [0.25, 0.3) is 0 Å². The molecule has 0 aromatic heterocycles. The normalized spacial score (nSPS) is 18.5. The van der Waals surface area contributed by atoms with Crippen LogP contribution in [0.3, 0.4) is 0 Å². The van der Waals surface area contributed by atoms with E-state index in [0.717, 1.165) is 51.6 Å². The fourth-order valence-electron chi connectivity index (χ4n) is 2.84. The lowest BCUT2D eigenvalue weighted by atomic mass is 10.0. The van der Waals surface area contributed by atoms with E-state index in [2.05, 4.69) is 48.2 Å². The summed E-state index contributed by atoms with van der Waals surface area (Å²) in [7, 11) is 3.51. The van der Waals surface area contributed by atoms with Gasteiger partial charge in [-0.05, 0) is 25.7 Å². The number of hydrogen-bond donors (Lipinski definition) is 2. The van der Waals surface area contributed by atoms with E-state index in [1.165, 1.54) is 0 Å². The summed E-state index contributed by atoms with van der Waals surface area (Å²) < 4.78 is 5.49. The SMILES string of the molecule is CCC(C)NC(=NCC(=O)N(C)C)NCC(CC(C)C)N1CCOCC1. The third-order valence-corrected chi connectivity index (χ3v) is 4.68. The van der Waals surface area contributed by atoms with Gasteiger partial charge in [-0.1, -0.05) is 20.8 Å². The average molecular weight is 370 g/mol. The first kappa shape index (κ1) is 22.7. The van der Waals surface area contributed by atoms with Crippen LogP contribution in [-0.4, -0.2) is 87.2 Å². The van der Waals surface area contributed by atoms with Crippen LogP contribution in [-0.2, 0) is 9.53 Å². The van der Waals surface area contributed by atoms with Gasteiger partial charge in [-0.25, -0.2) is 4.99 Å². The van der Waals surface area contributed by atoms with Crippen LogP contribution in [0.2, 0.25) is 0 Å². The molecule has 2 atom stereocenters. The highest BCUT2D eigenvalue weighted by Crippen LogP contribution is 2.13. The van der Waals surface area contributed by atoms with Crippen molar-refractivity contribution in [2.45, 2.75) is 52.6 Å². The molecular weight excluding hydrogens is 330 g/mol. The van der Waals surface area contributed by atoms with Gasteiger partial charge < -0.3 is 20.3 Å². The van der Waals surface area contributed by atoms with Gasteiger partial charge in [-0.15, -0.1) is 0 Å². The molecule has 1 heterocycles. The Hall–Kier alpha value is -1.34. The standard InChI is InChI=1S/C19H39N5O2/c1-7-16(4)22-19(21-14-18(25)23(5)6)20-13-17(12-15(2)3)24-8-10-26-11-9-24/h15-17H,7-14H2,1-6H3,(H2,20,21,22). The number of guanidine groups is 1. The van der Waals surface area contributed by atoms with E-state index in [-0.39, 0.29) is 12.5 Å². The lowest BCUT2D eigenvalue weighted by molar-refractivity contribution is -0.127. The summed E-state index contributed by atoms with van der Waals surface area (Å²) in [4.78, 5) is 20.4. The highest BCUT2D eigenvalue weighted by molar-refractivity contribution is 5.84. The summed E-state index contributed by atoms with van der Waals surface area (Å²) in [6, 6.07) is 0.745. The van der Waals surface area contributed by atoms with Crippen molar-refractivity contribution in [1.29, 1.82) is 0 Å². The van der Waals surface area contributed by atoms with E-state index < -0.39 is 0 Å². The number of amides is 1. The van der Waals surface area contributed by atoms with Crippen molar-refractivity contribution in [2.75, 3.05) is 53.5 Å². The van der Waals surface area contributed by atoms with E-state index in [0.29, 0.717) is 18.0 Å². The molecule has 1 rings (SSSR count). The van der Waals surface area contributed by atoms with Crippen molar-refractivity contribution in [3.05, 3.63) is 0 Å². The van der Waals surface area contributed by atoms with Gasteiger partial charge in [0.2, 0.25) is 5.91 Å². The first-order valence-electron chi connectivity index (χ1n) is 9.90. The van der Waals surface area contributed by atoms with Crippen LogP contribution in [0.4, 0.5) is 0 Å². The zero-order chi connectivity index (χ0) is 19.5. The molecule has 0 aromatic rings. The van der Waals surface area contributed by atoms with E-state index >= 15 is 0 Å². The molecule has 0 aliphatic carbocycles. The molecule has 0 spiro atoms. The molecule has 1 aliphatic rings. The number of aliphatic imine (C=N–C) groups is 1. The van der Waals surface area contributed by atoms with Gasteiger partial charge >= 0.3 is 0 Å². The van der Waals surface area contributed by atoms with Gasteiger partial charge in [-0.2, -0.15) is 0 Å². The molecular formula is C19H39N5O2. The van der Waals surface area contributed by atoms with E-state index in [4.69, 9.17) is 4.74 Å². The van der Waals surface area contributed by atoms with Gasteiger partial charge in [-0.3, -0.25) is 9.69 Å². The van der Waals surface area contributed by atoms with Gasteiger partial charge in [0.15, 0.2) is 5.96 Å². The molecule has 2 N–H and O–H groups in total. The molecule has 2 unspecified atom stereocenters. The Balaban J connectivity index is 2.71. The molecule has 7 heteroatoms. The van der Waals surface area contributed by atoms with Crippen LogP contribution in [0.15, 0.2) is 4.99 Å². The summed E-state index contributed by atoms with van der Waals surface area (Å²) in [6.45, 7) is 13.3. The van der Waals surface area contributed by atoms with Gasteiger partial charge in [0.1, 0.15) is 6.54 Å². The Morgan fingerprint density at radius 1 is 1.23 bits per heavy atom. The highest BCUT2D eigenvalue weighted by atomic mass is 16.5. The van der Waals surface area contributed by atoms with Crippen molar-refractivity contribution in [1.82, 2.24) is 20.4 Å². The van der Waals surface area contributed by atoms with Crippen LogP contribution < -0.4 is 10.6 Å². The highest BCUT2D eigenvalue weighted by Gasteiger charge is 2.22. The molecule has 7 nitrogen and oxygen atoms in total. The monoisotopic (exact) mass is 369 g/mol. The number of likely N-dealkylation sites (N-methyl/N-ethyl adjacent to an activating group) is 1. The van der Waals surface area contributed by atoms with Crippen molar-refractivity contribution in [2.24, 2.45) is 10.9 Å². The summed E-state index contributed by atoms with van der Waals surface area (Å²) in [6.07, 6.45) is 2.13. The first-order chi connectivity index (χ1) is 12.3. The molecule has 0 aromatic carbocycles. The number of nitrogens with zero attached hydrogens (tertiary/aromatic N) is 3. The van der Waals surface area contributed by atoms with Crippen LogP contribution in [0.1, 0.15) is 40.5 Å². The number of carbonyl (C=O) groups is 1. The largest absolute Gasteiger partial charge is 0.379 e. The Morgan fingerprint density at radius 3 is 2.42 bits per heavy atom. The van der Waals surface area contributed by atoms with Crippen molar-refractivity contribution < 1.29 is 9.53 Å². The molecule has 1 amide bonds. The van der Waals surface area contributed by atoms with Gasteiger partial charge in [0, 0.05) is 45.8 Å². The third-order valence-electron chi connectivity index (χ3n) is 4.68. The molecule has 0 bridgehead atoms. The summed E-state index contributed by atoms with van der Waals surface area (Å²) in [5.41, 5.74) is 0. The second-order valence-electron chi connectivity index (χ2n) is 7.72. The maximum absolute atomic E-state index is 11.9. The molecule has 1 aliphatic heterocycles. The fraction of sp³-hybridized carbons (Fsp3) is 0.895. The lowest BCUT2D eigenvalue weighted by Crippen LogP contribution is -2.52. The number of nitrogens with one attached hydrogen (secondary N) is 2. The number of carbonyl (C=O) groups excluding carboxylic acids is 1. The van der Waals surface area contributed by atoms with Crippen LogP contribution in [0.5, 0.6) is 0 Å². The Bertz CT molecular complexity index is 434. The maximum Gasteiger partial charge on any atom is 0.243 e. The number of ether oxygens (including phenoxy) is 1. The van der Waals surface area contributed by atoms with Crippen molar-refractivity contribution >= 4 is 11.9 Å². The fourth-order valence-corrected chi connectivity index (χ4v) is 2.84. The molecule has 1 fully saturated rings. The van der Waals surface area contributed by atoms with E-state index in [9.17, 15) is 4.79 Å². The minimum absolute atomic E-state index is 0.00200. The number of morpholine rings is 1. The number of rotatable bonds is 9. The Morgan fingerprint density at radius 2 is 1.88 bits per heavy atom. The quantitative estimate of drug-likeness (QED) is 0.471. The zero-order valence-electron chi connectivity index (χ0n) is 17.5. The van der Waals surface area contributed by atoms with E-state index in [1.807, 2.05) is 0 Å². The van der Waals surface area contributed by atoms with Gasteiger partial charge in [0.05, 0.1) is 13.2 Å². The Kier molecular flexibility index (Phi) is 10.6. The first-order valence-corrected chi connectivity index (χ1v) is 9.90. The zero-order valence-corrected chi connectivity index (χ0v) is 17.5. The third kappa shape index (κ3) is 8.85. The molecule has 1 saturated heterocycles. The minimum Gasteiger partial charge on any atom is -0.379 e. The van der Waals surface area contributed by atoms with Crippen molar-refractivity contribution in [3.63, 3.8) is 0 Å². The van der Waals surface area contributed by atoms with Gasteiger partial charge in [0.25, 0.3) is 0 Å².